The van der Waals surface area contributed by atoms with E-state index in [4.69, 9.17) is 5.26 Å². The van der Waals surface area contributed by atoms with Gasteiger partial charge in [-0.3, -0.25) is 4.79 Å². The highest BCUT2D eigenvalue weighted by Gasteiger charge is 2.07. The number of nitrogens with one attached hydrogen (secondary N) is 1. The maximum atomic E-state index is 13.3. The highest BCUT2D eigenvalue weighted by molar-refractivity contribution is 5.40. The van der Waals surface area contributed by atoms with Crippen LogP contribution in [0.4, 0.5) is 10.1 Å². The Hall–Kier alpha value is -2.68. The topological polar surface area (TPSA) is 70.7 Å². The van der Waals surface area contributed by atoms with Gasteiger partial charge in [-0.15, -0.1) is 0 Å². The molecule has 0 aliphatic heterocycles. The van der Waals surface area contributed by atoms with Crippen molar-refractivity contribution >= 4 is 5.69 Å². The van der Waals surface area contributed by atoms with Gasteiger partial charge in [-0.2, -0.15) is 10.4 Å². The standard InChI is InChI=1S/C15H15FN4O/c1-2-5-18-14-7-15(21)20(19-9-14)10-12-6-13(16)4-3-11(12)8-17/h3-4,6-7,9,18H,2,5,10H2,1H3. The second-order valence-electron chi connectivity index (χ2n) is 4.58. The minimum Gasteiger partial charge on any atom is -0.384 e. The number of hydrogen-bond donors (Lipinski definition) is 1. The van der Waals surface area contributed by atoms with Gasteiger partial charge in [0, 0.05) is 12.6 Å². The normalized spacial score (nSPS) is 10.1. The quantitative estimate of drug-likeness (QED) is 0.914. The van der Waals surface area contributed by atoms with Crippen molar-refractivity contribution < 1.29 is 4.39 Å². The van der Waals surface area contributed by atoms with E-state index in [9.17, 15) is 9.18 Å². The third-order valence-electron chi connectivity index (χ3n) is 2.96. The molecule has 0 bridgehead atoms. The zero-order valence-corrected chi connectivity index (χ0v) is 11.6. The summed E-state index contributed by atoms with van der Waals surface area (Å²) < 4.78 is 14.5. The lowest BCUT2D eigenvalue weighted by Gasteiger charge is -2.08. The molecule has 0 saturated carbocycles. The lowest BCUT2D eigenvalue weighted by Crippen LogP contribution is -2.23. The maximum Gasteiger partial charge on any atom is 0.269 e. The van der Waals surface area contributed by atoms with Crippen molar-refractivity contribution in [2.45, 2.75) is 19.9 Å². The molecule has 2 aromatic rings. The molecule has 0 atom stereocenters. The molecule has 6 heteroatoms. The van der Waals surface area contributed by atoms with E-state index in [-0.39, 0.29) is 12.1 Å². The van der Waals surface area contributed by atoms with Gasteiger partial charge in [-0.25, -0.2) is 9.07 Å². The van der Waals surface area contributed by atoms with Gasteiger partial charge >= 0.3 is 0 Å². The van der Waals surface area contributed by atoms with E-state index in [0.29, 0.717) is 16.8 Å². The third kappa shape index (κ3) is 3.66. The minimum absolute atomic E-state index is 0.0630. The number of rotatable bonds is 5. The van der Waals surface area contributed by atoms with Crippen LogP contribution in [0.1, 0.15) is 24.5 Å². The lowest BCUT2D eigenvalue weighted by molar-refractivity contribution is 0.610. The Labute approximate surface area is 121 Å². The number of hydrogen-bond acceptors (Lipinski definition) is 4. The van der Waals surface area contributed by atoms with Crippen molar-refractivity contribution in [1.82, 2.24) is 9.78 Å². The largest absolute Gasteiger partial charge is 0.384 e. The molecule has 0 aliphatic rings. The molecule has 0 unspecified atom stereocenters. The Kier molecular flexibility index (Phi) is 4.67. The monoisotopic (exact) mass is 286 g/mol. The molecule has 0 saturated heterocycles. The molecular weight excluding hydrogens is 271 g/mol. The van der Waals surface area contributed by atoms with Crippen LogP contribution >= 0.6 is 0 Å². The highest BCUT2D eigenvalue weighted by atomic mass is 19.1. The summed E-state index contributed by atoms with van der Waals surface area (Å²) in [5.41, 5.74) is 1.11. The molecule has 0 radical (unpaired) electrons. The Morgan fingerprint density at radius 1 is 1.43 bits per heavy atom. The summed E-state index contributed by atoms with van der Waals surface area (Å²) in [6.45, 7) is 2.84. The minimum atomic E-state index is -0.446. The Bertz CT molecular complexity index is 733. The van der Waals surface area contributed by atoms with Gasteiger partial charge < -0.3 is 5.32 Å². The molecule has 0 spiro atoms. The van der Waals surface area contributed by atoms with Crippen LogP contribution in [0.25, 0.3) is 0 Å². The summed E-state index contributed by atoms with van der Waals surface area (Å²) in [5, 5.41) is 16.1. The van der Waals surface area contributed by atoms with E-state index in [1.54, 1.807) is 6.20 Å². The third-order valence-corrected chi connectivity index (χ3v) is 2.96. The smallest absolute Gasteiger partial charge is 0.269 e. The number of nitriles is 1. The highest BCUT2D eigenvalue weighted by Crippen LogP contribution is 2.11. The predicted molar refractivity (Wildman–Crippen MR) is 77.5 cm³/mol. The van der Waals surface area contributed by atoms with Crippen LogP contribution in [0.5, 0.6) is 0 Å². The summed E-state index contributed by atoms with van der Waals surface area (Å²) in [5.74, 6) is -0.446. The summed E-state index contributed by atoms with van der Waals surface area (Å²) in [6.07, 6.45) is 2.49. The second-order valence-corrected chi connectivity index (χ2v) is 4.58. The van der Waals surface area contributed by atoms with Gasteiger partial charge in [0.2, 0.25) is 0 Å². The van der Waals surface area contributed by atoms with Crippen molar-refractivity contribution in [3.63, 3.8) is 0 Å². The fourth-order valence-electron chi connectivity index (χ4n) is 1.88. The van der Waals surface area contributed by atoms with Crippen LogP contribution in [0.2, 0.25) is 0 Å². The van der Waals surface area contributed by atoms with Crippen molar-refractivity contribution in [2.75, 3.05) is 11.9 Å². The fourth-order valence-corrected chi connectivity index (χ4v) is 1.88. The van der Waals surface area contributed by atoms with Crippen LogP contribution in [0.15, 0.2) is 35.3 Å². The lowest BCUT2D eigenvalue weighted by atomic mass is 10.1. The van der Waals surface area contributed by atoms with Crippen LogP contribution < -0.4 is 10.9 Å². The Balaban J connectivity index is 2.26. The first kappa shape index (κ1) is 14.7. The molecule has 5 nitrogen and oxygen atoms in total. The van der Waals surface area contributed by atoms with Gasteiger partial charge in [-0.05, 0) is 30.2 Å². The predicted octanol–water partition coefficient (Wildman–Crippen LogP) is 2.12. The Morgan fingerprint density at radius 2 is 2.24 bits per heavy atom. The van der Waals surface area contributed by atoms with Gasteiger partial charge in [0.25, 0.3) is 5.56 Å². The van der Waals surface area contributed by atoms with Crippen molar-refractivity contribution in [3.8, 4) is 6.07 Å². The average Bonchev–Trinajstić information content (AvgIpc) is 2.48. The zero-order chi connectivity index (χ0) is 15.2. The van der Waals surface area contributed by atoms with Crippen molar-refractivity contribution in [2.24, 2.45) is 0 Å². The van der Waals surface area contributed by atoms with Crippen LogP contribution in [0.3, 0.4) is 0 Å². The van der Waals surface area contributed by atoms with E-state index in [1.807, 2.05) is 13.0 Å². The molecule has 1 N–H and O–H groups in total. The van der Waals surface area contributed by atoms with Crippen LogP contribution in [0, 0.1) is 17.1 Å². The van der Waals surface area contributed by atoms with Crippen LogP contribution in [-0.2, 0) is 6.54 Å². The number of nitrogens with zero attached hydrogens (tertiary/aromatic N) is 3. The second kappa shape index (κ2) is 6.66. The molecule has 1 heterocycles. The van der Waals surface area contributed by atoms with Gasteiger partial charge in [0.05, 0.1) is 30.1 Å². The molecule has 2 rings (SSSR count). The van der Waals surface area contributed by atoms with Gasteiger partial charge in [-0.1, -0.05) is 6.92 Å². The van der Waals surface area contributed by atoms with E-state index < -0.39 is 5.82 Å². The average molecular weight is 286 g/mol. The number of anilines is 1. The number of benzene rings is 1. The number of aromatic nitrogens is 2. The first-order valence-corrected chi connectivity index (χ1v) is 6.63. The molecular formula is C15H15FN4O. The fraction of sp³-hybridized carbons (Fsp3) is 0.267. The van der Waals surface area contributed by atoms with E-state index in [2.05, 4.69) is 10.4 Å². The Morgan fingerprint density at radius 3 is 2.90 bits per heavy atom. The van der Waals surface area contributed by atoms with Gasteiger partial charge in [0.15, 0.2) is 0 Å². The summed E-state index contributed by atoms with van der Waals surface area (Å²) in [7, 11) is 0. The first-order chi connectivity index (χ1) is 10.1. The zero-order valence-electron chi connectivity index (χ0n) is 11.6. The SMILES string of the molecule is CCCNc1cnn(Cc2cc(F)ccc2C#N)c(=O)c1. The van der Waals surface area contributed by atoms with Crippen molar-refractivity contribution in [1.29, 1.82) is 5.26 Å². The molecule has 1 aromatic heterocycles. The molecule has 1 aromatic carbocycles. The van der Waals surface area contributed by atoms with E-state index in [1.165, 1.54) is 28.9 Å². The molecule has 0 amide bonds. The van der Waals surface area contributed by atoms with E-state index >= 15 is 0 Å². The van der Waals surface area contributed by atoms with Gasteiger partial charge in [0.1, 0.15) is 5.82 Å². The van der Waals surface area contributed by atoms with Crippen LogP contribution in [-0.4, -0.2) is 16.3 Å². The molecule has 108 valence electrons. The number of halogens is 1. The molecule has 0 aliphatic carbocycles. The summed E-state index contributed by atoms with van der Waals surface area (Å²) >= 11 is 0. The van der Waals surface area contributed by atoms with Crippen molar-refractivity contribution in [3.05, 3.63) is 57.8 Å². The summed E-state index contributed by atoms with van der Waals surface area (Å²) in [4.78, 5) is 12.0. The van der Waals surface area contributed by atoms with E-state index in [0.717, 1.165) is 13.0 Å². The first-order valence-electron chi connectivity index (χ1n) is 6.63. The molecule has 0 fully saturated rings. The molecule has 21 heavy (non-hydrogen) atoms. The maximum absolute atomic E-state index is 13.3. The summed E-state index contributed by atoms with van der Waals surface area (Å²) in [6, 6.07) is 7.28.